The fourth-order valence-corrected chi connectivity index (χ4v) is 3.34. The van der Waals surface area contributed by atoms with E-state index in [4.69, 9.17) is 0 Å². The highest BCUT2D eigenvalue weighted by Crippen LogP contribution is 2.21. The zero-order valence-electron chi connectivity index (χ0n) is 12.8. The number of piperidine rings is 1. The summed E-state index contributed by atoms with van der Waals surface area (Å²) in [5.74, 6) is 0.481. The standard InChI is InChI=1S/C17H25N3O/c1-19-10-7-14(8-11-19)17(21)18-15-9-12-20(13-15)16-5-3-2-4-6-16/h2-6,14-15H,7-13H2,1H3,(H,18,21). The number of nitrogens with zero attached hydrogens (tertiary/aromatic N) is 2. The van der Waals surface area contributed by atoms with Gasteiger partial charge in [0.25, 0.3) is 0 Å². The summed E-state index contributed by atoms with van der Waals surface area (Å²) in [6.45, 7) is 4.04. The van der Waals surface area contributed by atoms with Crippen molar-refractivity contribution in [3.63, 3.8) is 0 Å². The van der Waals surface area contributed by atoms with Crippen LogP contribution in [0.2, 0.25) is 0 Å². The van der Waals surface area contributed by atoms with Gasteiger partial charge in [-0.15, -0.1) is 0 Å². The van der Waals surface area contributed by atoms with E-state index in [1.54, 1.807) is 0 Å². The zero-order chi connectivity index (χ0) is 14.7. The Labute approximate surface area is 127 Å². The van der Waals surface area contributed by atoms with Crippen LogP contribution in [0, 0.1) is 5.92 Å². The maximum absolute atomic E-state index is 12.4. The molecule has 0 aliphatic carbocycles. The molecule has 0 saturated carbocycles. The van der Waals surface area contributed by atoms with Gasteiger partial charge < -0.3 is 15.1 Å². The largest absolute Gasteiger partial charge is 0.369 e. The molecule has 3 rings (SSSR count). The summed E-state index contributed by atoms with van der Waals surface area (Å²) in [6.07, 6.45) is 3.04. The minimum absolute atomic E-state index is 0.215. The van der Waals surface area contributed by atoms with Crippen molar-refractivity contribution in [3.8, 4) is 0 Å². The highest BCUT2D eigenvalue weighted by atomic mass is 16.2. The van der Waals surface area contributed by atoms with Gasteiger partial charge in [0, 0.05) is 30.7 Å². The molecule has 21 heavy (non-hydrogen) atoms. The van der Waals surface area contributed by atoms with Gasteiger partial charge in [-0.25, -0.2) is 0 Å². The van der Waals surface area contributed by atoms with E-state index in [1.807, 2.05) is 6.07 Å². The van der Waals surface area contributed by atoms with Crippen LogP contribution >= 0.6 is 0 Å². The van der Waals surface area contributed by atoms with Crippen LogP contribution in [0.4, 0.5) is 5.69 Å². The Morgan fingerprint density at radius 2 is 1.81 bits per heavy atom. The number of benzene rings is 1. The Bertz CT molecular complexity index is 468. The third kappa shape index (κ3) is 3.56. The predicted molar refractivity (Wildman–Crippen MR) is 85.4 cm³/mol. The topological polar surface area (TPSA) is 35.6 Å². The molecule has 0 aromatic heterocycles. The average molecular weight is 287 g/mol. The summed E-state index contributed by atoms with van der Waals surface area (Å²) in [4.78, 5) is 17.0. The van der Waals surface area contributed by atoms with Crippen LogP contribution in [0.5, 0.6) is 0 Å². The predicted octanol–water partition coefficient (Wildman–Crippen LogP) is 1.72. The van der Waals surface area contributed by atoms with Crippen molar-refractivity contribution in [2.75, 3.05) is 38.1 Å². The lowest BCUT2D eigenvalue weighted by Gasteiger charge is -2.29. The van der Waals surface area contributed by atoms with Crippen molar-refractivity contribution < 1.29 is 4.79 Å². The average Bonchev–Trinajstić information content (AvgIpc) is 2.97. The number of carbonyl (C=O) groups is 1. The van der Waals surface area contributed by atoms with Gasteiger partial charge in [-0.3, -0.25) is 4.79 Å². The molecule has 4 heteroatoms. The number of anilines is 1. The van der Waals surface area contributed by atoms with E-state index < -0.39 is 0 Å². The van der Waals surface area contributed by atoms with Crippen LogP contribution in [-0.2, 0) is 4.79 Å². The third-order valence-electron chi connectivity index (χ3n) is 4.75. The van der Waals surface area contributed by atoms with Crippen LogP contribution in [0.25, 0.3) is 0 Å². The summed E-state index contributed by atoms with van der Waals surface area (Å²) in [5.41, 5.74) is 1.26. The minimum atomic E-state index is 0.215. The molecule has 2 saturated heterocycles. The Morgan fingerprint density at radius 1 is 1.10 bits per heavy atom. The van der Waals surface area contributed by atoms with Crippen molar-refractivity contribution >= 4 is 11.6 Å². The van der Waals surface area contributed by atoms with Crippen molar-refractivity contribution in [1.29, 1.82) is 0 Å². The second kappa shape index (κ2) is 6.48. The maximum atomic E-state index is 12.4. The van der Waals surface area contributed by atoms with Crippen molar-refractivity contribution in [1.82, 2.24) is 10.2 Å². The van der Waals surface area contributed by atoms with Gasteiger partial charge in [0.1, 0.15) is 0 Å². The lowest BCUT2D eigenvalue weighted by atomic mass is 9.96. The van der Waals surface area contributed by atoms with Gasteiger partial charge in [-0.05, 0) is 51.5 Å². The van der Waals surface area contributed by atoms with Crippen LogP contribution < -0.4 is 10.2 Å². The highest BCUT2D eigenvalue weighted by molar-refractivity contribution is 5.79. The lowest BCUT2D eigenvalue weighted by Crippen LogP contribution is -2.44. The van der Waals surface area contributed by atoms with Crippen molar-refractivity contribution in [3.05, 3.63) is 30.3 Å². The lowest BCUT2D eigenvalue weighted by molar-refractivity contribution is -0.126. The van der Waals surface area contributed by atoms with Gasteiger partial charge in [-0.1, -0.05) is 18.2 Å². The molecule has 114 valence electrons. The summed E-state index contributed by atoms with van der Waals surface area (Å²) in [7, 11) is 2.13. The van der Waals surface area contributed by atoms with E-state index in [0.29, 0.717) is 6.04 Å². The first-order chi connectivity index (χ1) is 10.2. The molecule has 4 nitrogen and oxygen atoms in total. The quantitative estimate of drug-likeness (QED) is 0.919. The van der Waals surface area contributed by atoms with Gasteiger partial charge in [0.15, 0.2) is 0 Å². The van der Waals surface area contributed by atoms with E-state index in [1.165, 1.54) is 5.69 Å². The first kappa shape index (κ1) is 14.4. The molecule has 2 aliphatic rings. The number of hydrogen-bond acceptors (Lipinski definition) is 3. The van der Waals surface area contributed by atoms with Gasteiger partial charge in [-0.2, -0.15) is 0 Å². The van der Waals surface area contributed by atoms with Gasteiger partial charge >= 0.3 is 0 Å². The molecular formula is C17H25N3O. The van der Waals surface area contributed by atoms with Crippen LogP contribution in [0.1, 0.15) is 19.3 Å². The summed E-state index contributed by atoms with van der Waals surface area (Å²) in [5, 5.41) is 3.26. The van der Waals surface area contributed by atoms with E-state index in [2.05, 4.69) is 46.4 Å². The van der Waals surface area contributed by atoms with Crippen LogP contribution in [-0.4, -0.2) is 50.1 Å². The Balaban J connectivity index is 1.49. The number of amides is 1. The number of likely N-dealkylation sites (tertiary alicyclic amines) is 1. The highest BCUT2D eigenvalue weighted by Gasteiger charge is 2.28. The molecule has 1 aromatic carbocycles. The van der Waals surface area contributed by atoms with Gasteiger partial charge in [0.2, 0.25) is 5.91 Å². The summed E-state index contributed by atoms with van der Waals surface area (Å²) in [6, 6.07) is 10.8. The molecule has 1 aromatic rings. The molecule has 1 N–H and O–H groups in total. The smallest absolute Gasteiger partial charge is 0.223 e. The molecule has 2 fully saturated rings. The number of para-hydroxylation sites is 1. The van der Waals surface area contributed by atoms with Crippen molar-refractivity contribution in [2.45, 2.75) is 25.3 Å². The van der Waals surface area contributed by atoms with Crippen LogP contribution in [0.15, 0.2) is 30.3 Å². The molecule has 0 spiro atoms. The summed E-state index contributed by atoms with van der Waals surface area (Å²) >= 11 is 0. The van der Waals surface area contributed by atoms with Crippen LogP contribution in [0.3, 0.4) is 0 Å². The number of hydrogen-bond donors (Lipinski definition) is 1. The Kier molecular flexibility index (Phi) is 4.44. The number of carbonyl (C=O) groups excluding carboxylic acids is 1. The number of rotatable bonds is 3. The Morgan fingerprint density at radius 3 is 2.52 bits per heavy atom. The molecule has 0 bridgehead atoms. The Hall–Kier alpha value is -1.55. The molecule has 2 aliphatic heterocycles. The zero-order valence-corrected chi connectivity index (χ0v) is 12.8. The fourth-order valence-electron chi connectivity index (χ4n) is 3.34. The normalized spacial score (nSPS) is 24.2. The maximum Gasteiger partial charge on any atom is 0.223 e. The first-order valence-electron chi connectivity index (χ1n) is 8.01. The second-order valence-electron chi connectivity index (χ2n) is 6.35. The molecular weight excluding hydrogens is 262 g/mol. The van der Waals surface area contributed by atoms with E-state index in [9.17, 15) is 4.79 Å². The molecule has 2 heterocycles. The number of nitrogens with one attached hydrogen (secondary N) is 1. The second-order valence-corrected chi connectivity index (χ2v) is 6.35. The van der Waals surface area contributed by atoms with E-state index >= 15 is 0 Å². The van der Waals surface area contributed by atoms with E-state index in [0.717, 1.165) is 45.4 Å². The molecule has 0 radical (unpaired) electrons. The third-order valence-corrected chi connectivity index (χ3v) is 4.75. The van der Waals surface area contributed by atoms with Gasteiger partial charge in [0.05, 0.1) is 0 Å². The fraction of sp³-hybridized carbons (Fsp3) is 0.588. The minimum Gasteiger partial charge on any atom is -0.369 e. The van der Waals surface area contributed by atoms with E-state index in [-0.39, 0.29) is 11.8 Å². The molecule has 1 amide bonds. The monoisotopic (exact) mass is 287 g/mol. The molecule has 1 atom stereocenters. The molecule has 1 unspecified atom stereocenters. The van der Waals surface area contributed by atoms with Crippen molar-refractivity contribution in [2.24, 2.45) is 5.92 Å². The first-order valence-corrected chi connectivity index (χ1v) is 8.01. The SMILES string of the molecule is CN1CCC(C(=O)NC2CCN(c3ccccc3)C2)CC1. The summed E-state index contributed by atoms with van der Waals surface area (Å²) < 4.78 is 0.